The van der Waals surface area contributed by atoms with Crippen LogP contribution in [-0.4, -0.2) is 14.2 Å². The predicted molar refractivity (Wildman–Crippen MR) is 85.7 cm³/mol. The molecule has 0 aromatic heterocycles. The molecular formula is C16H17BrFNO2. The van der Waals surface area contributed by atoms with Gasteiger partial charge in [-0.05, 0) is 59.3 Å². The molecule has 0 aliphatic rings. The van der Waals surface area contributed by atoms with E-state index in [0.29, 0.717) is 5.69 Å². The third-order valence-corrected chi connectivity index (χ3v) is 3.90. The van der Waals surface area contributed by atoms with Crippen LogP contribution in [0.1, 0.15) is 18.5 Å². The molecule has 0 amide bonds. The highest BCUT2D eigenvalue weighted by Gasteiger charge is 2.14. The molecule has 5 heteroatoms. The van der Waals surface area contributed by atoms with Crippen molar-refractivity contribution in [1.29, 1.82) is 0 Å². The molecule has 1 atom stereocenters. The summed E-state index contributed by atoms with van der Waals surface area (Å²) in [7, 11) is 3.24. The standard InChI is InChI=1S/C16H17BrFNO2/c1-10(19-15-8-11(18)4-6-14(15)17)13-9-12(20-2)5-7-16(13)21-3/h4-10,19H,1-3H3. The van der Waals surface area contributed by atoms with Crippen LogP contribution in [0.5, 0.6) is 11.5 Å². The number of hydrogen-bond donors (Lipinski definition) is 1. The molecule has 0 fully saturated rings. The van der Waals surface area contributed by atoms with Crippen LogP contribution in [-0.2, 0) is 0 Å². The van der Waals surface area contributed by atoms with Gasteiger partial charge in [0.25, 0.3) is 0 Å². The van der Waals surface area contributed by atoms with Gasteiger partial charge < -0.3 is 14.8 Å². The molecule has 1 N–H and O–H groups in total. The molecular weight excluding hydrogens is 337 g/mol. The van der Waals surface area contributed by atoms with Gasteiger partial charge in [-0.2, -0.15) is 0 Å². The van der Waals surface area contributed by atoms with Gasteiger partial charge in [0.05, 0.1) is 25.9 Å². The van der Waals surface area contributed by atoms with Gasteiger partial charge in [0.2, 0.25) is 0 Å². The largest absolute Gasteiger partial charge is 0.497 e. The first-order valence-corrected chi connectivity index (χ1v) is 7.28. The zero-order valence-electron chi connectivity index (χ0n) is 12.1. The van der Waals surface area contributed by atoms with E-state index in [0.717, 1.165) is 21.5 Å². The first-order chi connectivity index (χ1) is 10.0. The zero-order chi connectivity index (χ0) is 15.4. The summed E-state index contributed by atoms with van der Waals surface area (Å²) in [5.41, 5.74) is 1.63. The van der Waals surface area contributed by atoms with Crippen LogP contribution in [0, 0.1) is 5.82 Å². The van der Waals surface area contributed by atoms with E-state index in [4.69, 9.17) is 9.47 Å². The molecule has 2 rings (SSSR count). The average molecular weight is 354 g/mol. The van der Waals surface area contributed by atoms with Gasteiger partial charge in [-0.25, -0.2) is 4.39 Å². The van der Waals surface area contributed by atoms with Gasteiger partial charge in [0.15, 0.2) is 0 Å². The monoisotopic (exact) mass is 353 g/mol. The Bertz CT molecular complexity index is 634. The molecule has 0 bridgehead atoms. The fourth-order valence-corrected chi connectivity index (χ4v) is 2.46. The normalized spacial score (nSPS) is 11.9. The topological polar surface area (TPSA) is 30.5 Å². The van der Waals surface area contributed by atoms with Crippen molar-refractivity contribution in [3.05, 3.63) is 52.3 Å². The van der Waals surface area contributed by atoms with E-state index in [-0.39, 0.29) is 11.9 Å². The summed E-state index contributed by atoms with van der Waals surface area (Å²) >= 11 is 3.41. The number of benzene rings is 2. The highest BCUT2D eigenvalue weighted by atomic mass is 79.9. The van der Waals surface area contributed by atoms with Crippen LogP contribution in [0.4, 0.5) is 10.1 Å². The van der Waals surface area contributed by atoms with E-state index in [1.807, 2.05) is 25.1 Å². The quantitative estimate of drug-likeness (QED) is 0.838. The van der Waals surface area contributed by atoms with Crippen LogP contribution in [0.15, 0.2) is 40.9 Å². The van der Waals surface area contributed by atoms with E-state index < -0.39 is 0 Å². The number of methoxy groups -OCH3 is 2. The summed E-state index contributed by atoms with van der Waals surface area (Å²) < 4.78 is 24.8. The van der Waals surface area contributed by atoms with Crippen molar-refractivity contribution < 1.29 is 13.9 Å². The first-order valence-electron chi connectivity index (χ1n) is 6.48. The minimum Gasteiger partial charge on any atom is -0.497 e. The second kappa shape index (κ2) is 6.80. The fraction of sp³-hybridized carbons (Fsp3) is 0.250. The zero-order valence-corrected chi connectivity index (χ0v) is 13.7. The molecule has 0 heterocycles. The summed E-state index contributed by atoms with van der Waals surface area (Å²) in [4.78, 5) is 0. The fourth-order valence-electron chi connectivity index (χ4n) is 2.10. The van der Waals surface area contributed by atoms with Gasteiger partial charge in [-0.1, -0.05) is 0 Å². The van der Waals surface area contributed by atoms with Crippen molar-refractivity contribution in [3.8, 4) is 11.5 Å². The van der Waals surface area contributed by atoms with Crippen LogP contribution < -0.4 is 14.8 Å². The number of hydrogen-bond acceptors (Lipinski definition) is 3. The minimum atomic E-state index is -0.287. The number of anilines is 1. The van der Waals surface area contributed by atoms with E-state index in [2.05, 4.69) is 21.2 Å². The van der Waals surface area contributed by atoms with Crippen LogP contribution in [0.3, 0.4) is 0 Å². The lowest BCUT2D eigenvalue weighted by molar-refractivity contribution is 0.397. The number of nitrogens with one attached hydrogen (secondary N) is 1. The molecule has 0 aliphatic carbocycles. The SMILES string of the molecule is COc1ccc(OC)c(C(C)Nc2cc(F)ccc2Br)c1. The van der Waals surface area contributed by atoms with Gasteiger partial charge in [0, 0.05) is 10.0 Å². The Morgan fingerprint density at radius 2 is 1.86 bits per heavy atom. The van der Waals surface area contributed by atoms with Crippen molar-refractivity contribution in [1.82, 2.24) is 0 Å². The van der Waals surface area contributed by atoms with E-state index in [1.54, 1.807) is 20.3 Å². The van der Waals surface area contributed by atoms with Gasteiger partial charge in [-0.3, -0.25) is 0 Å². The lowest BCUT2D eigenvalue weighted by Crippen LogP contribution is -2.09. The van der Waals surface area contributed by atoms with Crippen LogP contribution in [0.2, 0.25) is 0 Å². The molecule has 2 aromatic carbocycles. The summed E-state index contributed by atoms with van der Waals surface area (Å²) in [6.45, 7) is 1.98. The van der Waals surface area contributed by atoms with Crippen molar-refractivity contribution in [2.75, 3.05) is 19.5 Å². The summed E-state index contributed by atoms with van der Waals surface area (Å²) in [5, 5.41) is 3.27. The van der Waals surface area contributed by atoms with Crippen molar-refractivity contribution in [2.24, 2.45) is 0 Å². The number of halogens is 2. The highest BCUT2D eigenvalue weighted by Crippen LogP contribution is 2.33. The molecule has 0 aliphatic heterocycles. The van der Waals surface area contributed by atoms with Crippen molar-refractivity contribution in [2.45, 2.75) is 13.0 Å². The first kappa shape index (κ1) is 15.6. The molecule has 0 spiro atoms. The molecule has 21 heavy (non-hydrogen) atoms. The number of ether oxygens (including phenoxy) is 2. The molecule has 3 nitrogen and oxygen atoms in total. The van der Waals surface area contributed by atoms with E-state index in [1.165, 1.54) is 12.1 Å². The maximum Gasteiger partial charge on any atom is 0.125 e. The lowest BCUT2D eigenvalue weighted by Gasteiger charge is -2.20. The molecule has 2 aromatic rings. The van der Waals surface area contributed by atoms with Crippen LogP contribution >= 0.6 is 15.9 Å². The maximum absolute atomic E-state index is 13.4. The lowest BCUT2D eigenvalue weighted by atomic mass is 10.1. The Labute approximate surface area is 132 Å². The summed E-state index contributed by atoms with van der Waals surface area (Å²) in [6.07, 6.45) is 0. The van der Waals surface area contributed by atoms with E-state index in [9.17, 15) is 4.39 Å². The second-order valence-electron chi connectivity index (χ2n) is 4.60. The Morgan fingerprint density at radius 1 is 1.10 bits per heavy atom. The van der Waals surface area contributed by atoms with E-state index >= 15 is 0 Å². The molecule has 0 radical (unpaired) electrons. The third kappa shape index (κ3) is 3.67. The van der Waals surface area contributed by atoms with Crippen molar-refractivity contribution in [3.63, 3.8) is 0 Å². The Balaban J connectivity index is 2.31. The minimum absolute atomic E-state index is 0.0758. The second-order valence-corrected chi connectivity index (χ2v) is 5.45. The predicted octanol–water partition coefficient (Wildman–Crippen LogP) is 4.78. The van der Waals surface area contributed by atoms with Gasteiger partial charge in [0.1, 0.15) is 17.3 Å². The summed E-state index contributed by atoms with van der Waals surface area (Å²) in [6, 6.07) is 10.1. The molecule has 112 valence electrons. The summed E-state index contributed by atoms with van der Waals surface area (Å²) in [5.74, 6) is 1.21. The number of rotatable bonds is 5. The Kier molecular flexibility index (Phi) is 5.07. The third-order valence-electron chi connectivity index (χ3n) is 3.20. The average Bonchev–Trinajstić information content (AvgIpc) is 2.50. The Morgan fingerprint density at radius 3 is 2.52 bits per heavy atom. The molecule has 1 unspecified atom stereocenters. The van der Waals surface area contributed by atoms with Crippen molar-refractivity contribution >= 4 is 21.6 Å². The van der Waals surface area contributed by atoms with Gasteiger partial charge >= 0.3 is 0 Å². The molecule has 0 saturated heterocycles. The Hall–Kier alpha value is -1.75. The van der Waals surface area contributed by atoms with Crippen LogP contribution in [0.25, 0.3) is 0 Å². The smallest absolute Gasteiger partial charge is 0.125 e. The van der Waals surface area contributed by atoms with Gasteiger partial charge in [-0.15, -0.1) is 0 Å². The molecule has 0 saturated carbocycles. The maximum atomic E-state index is 13.4. The highest BCUT2D eigenvalue weighted by molar-refractivity contribution is 9.10.